The smallest absolute Gasteiger partial charge is 0.237 e. The van der Waals surface area contributed by atoms with E-state index in [2.05, 4.69) is 5.32 Å². The Morgan fingerprint density at radius 3 is 1.79 bits per heavy atom. The minimum atomic E-state index is -1.37. The topological polar surface area (TPSA) is 75.4 Å². The summed E-state index contributed by atoms with van der Waals surface area (Å²) in [6.07, 6.45) is 0.439. The van der Waals surface area contributed by atoms with Gasteiger partial charge in [0.25, 0.3) is 0 Å². The van der Waals surface area contributed by atoms with Gasteiger partial charge in [-0.3, -0.25) is 4.79 Å². The van der Waals surface area contributed by atoms with Crippen LogP contribution in [-0.4, -0.2) is 23.1 Å². The third kappa shape index (κ3) is 4.30. The van der Waals surface area contributed by atoms with Crippen LogP contribution in [0.25, 0.3) is 0 Å². The van der Waals surface area contributed by atoms with E-state index in [1.165, 1.54) is 0 Å². The molecule has 0 aliphatic rings. The molecule has 2 atom stereocenters. The number of nitrogens with one attached hydrogen (secondary N) is 1. The Hall–Kier alpha value is -2.95. The molecule has 0 aliphatic heterocycles. The molecule has 0 heterocycles. The van der Waals surface area contributed by atoms with Crippen molar-refractivity contribution in [3.8, 4) is 0 Å². The maximum Gasteiger partial charge on any atom is 0.237 e. The lowest BCUT2D eigenvalue weighted by atomic mass is 9.80. The monoisotopic (exact) mass is 374 g/mol. The Balaban J connectivity index is 1.82. The van der Waals surface area contributed by atoms with Crippen molar-refractivity contribution >= 4 is 5.91 Å². The standard InChI is InChI=1S/C24H26N2O2/c1-18(26-23(27)22(25)17-19-11-5-2-6-12-19)24(28,20-13-7-3-8-14-20)21-15-9-4-10-16-21/h2-16,18,22,28H,17,25H2,1H3,(H,26,27)/t18-,22-/m0/s1. The third-order valence-electron chi connectivity index (χ3n) is 5.05. The summed E-state index contributed by atoms with van der Waals surface area (Å²) in [5, 5.41) is 14.6. The fraction of sp³-hybridized carbons (Fsp3) is 0.208. The molecule has 28 heavy (non-hydrogen) atoms. The van der Waals surface area contributed by atoms with Crippen LogP contribution in [0.1, 0.15) is 23.6 Å². The van der Waals surface area contributed by atoms with Crippen LogP contribution >= 0.6 is 0 Å². The maximum absolute atomic E-state index is 12.7. The summed E-state index contributed by atoms with van der Waals surface area (Å²) in [7, 11) is 0. The van der Waals surface area contributed by atoms with Gasteiger partial charge in [-0.1, -0.05) is 91.0 Å². The number of aliphatic hydroxyl groups is 1. The van der Waals surface area contributed by atoms with E-state index in [1.54, 1.807) is 6.92 Å². The molecule has 0 saturated carbocycles. The number of hydrogen-bond acceptors (Lipinski definition) is 3. The molecule has 4 heteroatoms. The number of nitrogens with two attached hydrogens (primary N) is 1. The van der Waals surface area contributed by atoms with Gasteiger partial charge in [0.1, 0.15) is 5.60 Å². The van der Waals surface area contributed by atoms with Crippen molar-refractivity contribution < 1.29 is 9.90 Å². The zero-order valence-corrected chi connectivity index (χ0v) is 16.0. The fourth-order valence-electron chi connectivity index (χ4n) is 3.44. The van der Waals surface area contributed by atoms with Crippen LogP contribution in [0.2, 0.25) is 0 Å². The predicted octanol–water partition coefficient (Wildman–Crippen LogP) is 3.00. The first-order chi connectivity index (χ1) is 13.5. The van der Waals surface area contributed by atoms with Gasteiger partial charge in [-0.2, -0.15) is 0 Å². The molecule has 4 nitrogen and oxygen atoms in total. The van der Waals surface area contributed by atoms with E-state index in [4.69, 9.17) is 5.73 Å². The Morgan fingerprint density at radius 1 is 0.893 bits per heavy atom. The molecule has 0 unspecified atom stereocenters. The molecule has 0 saturated heterocycles. The summed E-state index contributed by atoms with van der Waals surface area (Å²) >= 11 is 0. The number of rotatable bonds is 7. The van der Waals surface area contributed by atoms with Crippen molar-refractivity contribution in [2.45, 2.75) is 31.0 Å². The Labute approximate surface area is 166 Å². The highest BCUT2D eigenvalue weighted by atomic mass is 16.3. The second-order valence-corrected chi connectivity index (χ2v) is 7.02. The van der Waals surface area contributed by atoms with Crippen LogP contribution in [-0.2, 0) is 16.8 Å². The second kappa shape index (κ2) is 8.83. The zero-order chi connectivity index (χ0) is 20.0. The van der Waals surface area contributed by atoms with Crippen molar-refractivity contribution in [3.63, 3.8) is 0 Å². The average molecular weight is 374 g/mol. The first-order valence-electron chi connectivity index (χ1n) is 9.45. The van der Waals surface area contributed by atoms with Gasteiger partial charge in [-0.05, 0) is 30.0 Å². The summed E-state index contributed by atoms with van der Waals surface area (Å²) in [4.78, 5) is 12.7. The molecular weight excluding hydrogens is 348 g/mol. The van der Waals surface area contributed by atoms with Gasteiger partial charge >= 0.3 is 0 Å². The van der Waals surface area contributed by atoms with Crippen LogP contribution in [0.15, 0.2) is 91.0 Å². The molecule has 0 spiro atoms. The lowest BCUT2D eigenvalue weighted by molar-refractivity contribution is -0.124. The molecule has 0 aliphatic carbocycles. The highest BCUT2D eigenvalue weighted by molar-refractivity contribution is 5.82. The number of hydrogen-bond donors (Lipinski definition) is 3. The molecule has 3 rings (SSSR count). The highest BCUT2D eigenvalue weighted by Gasteiger charge is 2.38. The van der Waals surface area contributed by atoms with Gasteiger partial charge < -0.3 is 16.2 Å². The largest absolute Gasteiger partial charge is 0.378 e. The van der Waals surface area contributed by atoms with Gasteiger partial charge in [0.05, 0.1) is 12.1 Å². The normalized spacial score (nSPS) is 13.5. The molecule has 0 fully saturated rings. The van der Waals surface area contributed by atoms with E-state index in [1.807, 2.05) is 91.0 Å². The molecule has 1 amide bonds. The lowest BCUT2D eigenvalue weighted by Gasteiger charge is -2.36. The summed E-state index contributed by atoms with van der Waals surface area (Å²) in [6, 6.07) is 27.1. The average Bonchev–Trinajstić information content (AvgIpc) is 2.75. The Bertz CT molecular complexity index is 843. The van der Waals surface area contributed by atoms with Crippen molar-refractivity contribution in [3.05, 3.63) is 108 Å². The maximum atomic E-state index is 12.7. The quantitative estimate of drug-likeness (QED) is 0.595. The van der Waals surface area contributed by atoms with Crippen LogP contribution in [0.3, 0.4) is 0 Å². The first-order valence-corrected chi connectivity index (χ1v) is 9.45. The number of amides is 1. The summed E-state index contributed by atoms with van der Waals surface area (Å²) in [5.41, 5.74) is 7.18. The predicted molar refractivity (Wildman–Crippen MR) is 112 cm³/mol. The van der Waals surface area contributed by atoms with Crippen molar-refractivity contribution in [2.75, 3.05) is 0 Å². The summed E-state index contributed by atoms with van der Waals surface area (Å²) in [6.45, 7) is 1.80. The molecule has 144 valence electrons. The van der Waals surface area contributed by atoms with Crippen LogP contribution in [0, 0.1) is 0 Å². The molecule has 4 N–H and O–H groups in total. The van der Waals surface area contributed by atoms with E-state index in [0.29, 0.717) is 17.5 Å². The van der Waals surface area contributed by atoms with E-state index >= 15 is 0 Å². The minimum absolute atomic E-state index is 0.290. The summed E-state index contributed by atoms with van der Waals surface area (Å²) < 4.78 is 0. The molecule has 0 radical (unpaired) electrons. The molecule has 0 bridgehead atoms. The van der Waals surface area contributed by atoms with Crippen LogP contribution in [0.5, 0.6) is 0 Å². The SMILES string of the molecule is C[C@H](NC(=O)[C@@H](N)Cc1ccccc1)C(O)(c1ccccc1)c1ccccc1. The first kappa shape index (κ1) is 19.8. The molecular formula is C24H26N2O2. The van der Waals surface area contributed by atoms with Crippen molar-refractivity contribution in [1.29, 1.82) is 0 Å². The minimum Gasteiger partial charge on any atom is -0.378 e. The van der Waals surface area contributed by atoms with E-state index in [0.717, 1.165) is 5.56 Å². The van der Waals surface area contributed by atoms with Crippen molar-refractivity contribution in [1.82, 2.24) is 5.32 Å². The van der Waals surface area contributed by atoms with Gasteiger partial charge in [0, 0.05) is 0 Å². The number of benzene rings is 3. The highest BCUT2D eigenvalue weighted by Crippen LogP contribution is 2.33. The number of carbonyl (C=O) groups excluding carboxylic acids is 1. The Kier molecular flexibility index (Phi) is 6.24. The van der Waals surface area contributed by atoms with E-state index < -0.39 is 17.7 Å². The van der Waals surface area contributed by atoms with Gasteiger partial charge in [0.2, 0.25) is 5.91 Å². The second-order valence-electron chi connectivity index (χ2n) is 7.02. The van der Waals surface area contributed by atoms with Crippen molar-refractivity contribution in [2.24, 2.45) is 5.73 Å². The zero-order valence-electron chi connectivity index (χ0n) is 16.0. The van der Waals surface area contributed by atoms with Gasteiger partial charge in [-0.15, -0.1) is 0 Å². The lowest BCUT2D eigenvalue weighted by Crippen LogP contribution is -2.54. The molecule has 0 aromatic heterocycles. The fourth-order valence-corrected chi connectivity index (χ4v) is 3.44. The van der Waals surface area contributed by atoms with Gasteiger partial charge in [0.15, 0.2) is 0 Å². The van der Waals surface area contributed by atoms with Gasteiger partial charge in [-0.25, -0.2) is 0 Å². The third-order valence-corrected chi connectivity index (χ3v) is 5.05. The van der Waals surface area contributed by atoms with Crippen LogP contribution in [0.4, 0.5) is 0 Å². The van der Waals surface area contributed by atoms with E-state index in [-0.39, 0.29) is 5.91 Å². The summed E-state index contributed by atoms with van der Waals surface area (Å²) in [5.74, 6) is -0.290. The Morgan fingerprint density at radius 2 is 1.32 bits per heavy atom. The van der Waals surface area contributed by atoms with Crippen LogP contribution < -0.4 is 11.1 Å². The number of carbonyl (C=O) groups is 1. The van der Waals surface area contributed by atoms with E-state index in [9.17, 15) is 9.90 Å². The molecule has 3 aromatic rings. The molecule has 3 aromatic carbocycles.